The Labute approximate surface area is 120 Å². The van der Waals surface area contributed by atoms with E-state index in [1.54, 1.807) is 11.3 Å². The van der Waals surface area contributed by atoms with Gasteiger partial charge in [-0.05, 0) is 39.8 Å². The summed E-state index contributed by atoms with van der Waals surface area (Å²) in [7, 11) is 0. The van der Waals surface area contributed by atoms with Gasteiger partial charge in [0.1, 0.15) is 0 Å². The summed E-state index contributed by atoms with van der Waals surface area (Å²) in [6.45, 7) is 7.00. The minimum atomic E-state index is 0.0725. The van der Waals surface area contributed by atoms with Gasteiger partial charge in [0.05, 0.1) is 5.51 Å². The second kappa shape index (κ2) is 6.79. The molecule has 1 atom stereocenters. The van der Waals surface area contributed by atoms with E-state index >= 15 is 0 Å². The average molecular weight is 282 g/mol. The second-order valence-electron chi connectivity index (χ2n) is 5.95. The molecular formula is C14H26N4S. The van der Waals surface area contributed by atoms with Gasteiger partial charge in [-0.25, -0.2) is 0 Å². The highest BCUT2D eigenvalue weighted by Crippen LogP contribution is 2.25. The van der Waals surface area contributed by atoms with Gasteiger partial charge in [-0.1, -0.05) is 12.8 Å². The third kappa shape index (κ3) is 3.75. The second-order valence-corrected chi connectivity index (χ2v) is 6.92. The smallest absolute Gasteiger partial charge is 0.0794 e. The van der Waals surface area contributed by atoms with Crippen molar-refractivity contribution in [3.05, 3.63) is 16.6 Å². The van der Waals surface area contributed by atoms with Crippen LogP contribution in [0.3, 0.4) is 0 Å². The molecule has 2 heterocycles. The Hall–Kier alpha value is -0.490. The van der Waals surface area contributed by atoms with Crippen LogP contribution in [-0.2, 0) is 6.42 Å². The first-order valence-corrected chi connectivity index (χ1v) is 8.11. The molecule has 19 heavy (non-hydrogen) atoms. The van der Waals surface area contributed by atoms with Gasteiger partial charge in [0.2, 0.25) is 0 Å². The molecule has 0 spiro atoms. The van der Waals surface area contributed by atoms with E-state index in [-0.39, 0.29) is 11.6 Å². The lowest BCUT2D eigenvalue weighted by molar-refractivity contribution is 0.0838. The van der Waals surface area contributed by atoms with Crippen molar-refractivity contribution in [2.75, 3.05) is 13.1 Å². The highest BCUT2D eigenvalue weighted by molar-refractivity contribution is 7.09. The molecule has 1 aromatic rings. The van der Waals surface area contributed by atoms with E-state index in [0.717, 1.165) is 6.42 Å². The lowest BCUT2D eigenvalue weighted by atomic mass is 9.89. The third-order valence-electron chi connectivity index (χ3n) is 4.36. The quantitative estimate of drug-likeness (QED) is 0.642. The topological polar surface area (TPSA) is 54.2 Å². The molecule has 3 N–H and O–H groups in total. The van der Waals surface area contributed by atoms with Crippen LogP contribution in [0.25, 0.3) is 0 Å². The number of hydrogen-bond donors (Lipinski definition) is 2. The Morgan fingerprint density at radius 2 is 2.05 bits per heavy atom. The van der Waals surface area contributed by atoms with Crippen LogP contribution in [-0.4, -0.2) is 34.6 Å². The first kappa shape index (κ1) is 14.9. The molecule has 0 amide bonds. The predicted molar refractivity (Wildman–Crippen MR) is 81.0 cm³/mol. The number of nitrogens with two attached hydrogens (primary N) is 1. The van der Waals surface area contributed by atoms with Crippen molar-refractivity contribution in [1.82, 2.24) is 15.3 Å². The van der Waals surface area contributed by atoms with Gasteiger partial charge in [0, 0.05) is 29.1 Å². The maximum absolute atomic E-state index is 5.83. The fraction of sp³-hybridized carbons (Fsp3) is 0.786. The number of nitrogens with zero attached hydrogens (tertiary/aromatic N) is 2. The average Bonchev–Trinajstić information content (AvgIpc) is 2.74. The molecule has 2 rings (SSSR count). The fourth-order valence-corrected chi connectivity index (χ4v) is 3.57. The Morgan fingerprint density at radius 3 is 2.58 bits per heavy atom. The Morgan fingerprint density at radius 1 is 1.37 bits per heavy atom. The van der Waals surface area contributed by atoms with E-state index in [1.807, 2.05) is 11.7 Å². The van der Waals surface area contributed by atoms with Crippen molar-refractivity contribution in [2.24, 2.45) is 5.84 Å². The zero-order valence-electron chi connectivity index (χ0n) is 12.1. The zero-order chi connectivity index (χ0) is 13.7. The number of thiazole rings is 1. The van der Waals surface area contributed by atoms with Gasteiger partial charge >= 0.3 is 0 Å². The molecule has 1 unspecified atom stereocenters. The first-order chi connectivity index (χ1) is 9.14. The van der Waals surface area contributed by atoms with E-state index in [0.29, 0.717) is 0 Å². The lowest BCUT2D eigenvalue weighted by Gasteiger charge is -2.43. The van der Waals surface area contributed by atoms with Crippen LogP contribution in [0.4, 0.5) is 0 Å². The molecule has 4 nitrogen and oxygen atoms in total. The molecule has 0 aliphatic carbocycles. The van der Waals surface area contributed by atoms with Crippen molar-refractivity contribution in [2.45, 2.75) is 57.5 Å². The van der Waals surface area contributed by atoms with Crippen molar-refractivity contribution < 1.29 is 0 Å². The summed E-state index contributed by atoms with van der Waals surface area (Å²) in [4.78, 5) is 8.06. The van der Waals surface area contributed by atoms with Crippen LogP contribution in [0.15, 0.2) is 11.7 Å². The van der Waals surface area contributed by atoms with Gasteiger partial charge in [-0.15, -0.1) is 11.3 Å². The van der Waals surface area contributed by atoms with Crippen LogP contribution in [0, 0.1) is 0 Å². The van der Waals surface area contributed by atoms with Crippen LogP contribution in [0.1, 0.15) is 44.4 Å². The minimum Gasteiger partial charge on any atom is -0.297 e. The van der Waals surface area contributed by atoms with E-state index in [9.17, 15) is 0 Å². The first-order valence-electron chi connectivity index (χ1n) is 7.23. The lowest BCUT2D eigenvalue weighted by Crippen LogP contribution is -2.60. The number of nitrogens with one attached hydrogen (secondary N) is 1. The Bertz CT molecular complexity index is 356. The molecule has 1 aromatic heterocycles. The standard InChI is InChI=1S/C14H26N4S/c1-14(2,18-7-5-3-4-6-8-18)13(17-15)9-12-10-16-11-19-12/h10-11,13,17H,3-9,15H2,1-2H3. The SMILES string of the molecule is CC(C)(C(Cc1cncs1)NN)N1CCCCCC1. The number of hydrazine groups is 1. The van der Waals surface area contributed by atoms with Crippen LogP contribution < -0.4 is 11.3 Å². The summed E-state index contributed by atoms with van der Waals surface area (Å²) in [5.41, 5.74) is 5.00. The van der Waals surface area contributed by atoms with Gasteiger partial charge in [-0.3, -0.25) is 21.2 Å². The minimum absolute atomic E-state index is 0.0725. The Balaban J connectivity index is 2.05. The highest BCUT2D eigenvalue weighted by atomic mass is 32.1. The van der Waals surface area contributed by atoms with E-state index in [4.69, 9.17) is 5.84 Å². The van der Waals surface area contributed by atoms with Crippen LogP contribution >= 0.6 is 11.3 Å². The van der Waals surface area contributed by atoms with E-state index < -0.39 is 0 Å². The summed E-state index contributed by atoms with van der Waals surface area (Å²) in [6, 6.07) is 0.256. The van der Waals surface area contributed by atoms with Gasteiger partial charge in [0.15, 0.2) is 0 Å². The van der Waals surface area contributed by atoms with Crippen molar-refractivity contribution in [3.8, 4) is 0 Å². The molecule has 0 bridgehead atoms. The number of likely N-dealkylation sites (tertiary alicyclic amines) is 1. The third-order valence-corrected chi connectivity index (χ3v) is 5.17. The van der Waals surface area contributed by atoms with E-state index in [1.165, 1.54) is 43.6 Å². The molecule has 5 heteroatoms. The number of aromatic nitrogens is 1. The summed E-state index contributed by atoms with van der Waals surface area (Å²) >= 11 is 1.71. The summed E-state index contributed by atoms with van der Waals surface area (Å²) in [5, 5.41) is 0. The van der Waals surface area contributed by atoms with Crippen LogP contribution in [0.5, 0.6) is 0 Å². The number of rotatable bonds is 5. The largest absolute Gasteiger partial charge is 0.297 e. The zero-order valence-corrected chi connectivity index (χ0v) is 12.9. The molecule has 108 valence electrons. The maximum Gasteiger partial charge on any atom is 0.0794 e. The normalized spacial score (nSPS) is 20.2. The summed E-state index contributed by atoms with van der Waals surface area (Å²) < 4.78 is 0. The van der Waals surface area contributed by atoms with Gasteiger partial charge in [0.25, 0.3) is 0 Å². The molecular weight excluding hydrogens is 256 g/mol. The van der Waals surface area contributed by atoms with Crippen LogP contribution in [0.2, 0.25) is 0 Å². The van der Waals surface area contributed by atoms with Gasteiger partial charge in [-0.2, -0.15) is 0 Å². The van der Waals surface area contributed by atoms with Crippen molar-refractivity contribution in [3.63, 3.8) is 0 Å². The monoisotopic (exact) mass is 282 g/mol. The molecule has 1 fully saturated rings. The van der Waals surface area contributed by atoms with Crippen molar-refractivity contribution >= 4 is 11.3 Å². The number of hydrogen-bond acceptors (Lipinski definition) is 5. The maximum atomic E-state index is 5.83. The molecule has 0 aromatic carbocycles. The van der Waals surface area contributed by atoms with E-state index in [2.05, 4.69) is 29.2 Å². The molecule has 1 saturated heterocycles. The predicted octanol–water partition coefficient (Wildman–Crippen LogP) is 2.17. The molecule has 0 saturated carbocycles. The van der Waals surface area contributed by atoms with Crippen molar-refractivity contribution in [1.29, 1.82) is 0 Å². The summed E-state index contributed by atoms with van der Waals surface area (Å²) in [5.74, 6) is 5.83. The highest BCUT2D eigenvalue weighted by Gasteiger charge is 2.35. The molecule has 1 aliphatic heterocycles. The van der Waals surface area contributed by atoms with Gasteiger partial charge < -0.3 is 0 Å². The summed E-state index contributed by atoms with van der Waals surface area (Å²) in [6.07, 6.45) is 8.24. The molecule has 0 radical (unpaired) electrons. The Kier molecular flexibility index (Phi) is 5.33. The molecule has 1 aliphatic rings. The fourth-order valence-electron chi connectivity index (χ4n) is 2.92.